The number of benzene rings is 2. The van der Waals surface area contributed by atoms with Gasteiger partial charge in [0.1, 0.15) is 6.61 Å². The van der Waals surface area contributed by atoms with Crippen LogP contribution in [0.2, 0.25) is 0 Å². The van der Waals surface area contributed by atoms with E-state index in [1.807, 2.05) is 53.4 Å². The molecule has 0 fully saturated rings. The molecule has 142 valence electrons. The number of nitrogens with zero attached hydrogens (tertiary/aromatic N) is 1. The second kappa shape index (κ2) is 8.71. The van der Waals surface area contributed by atoms with Gasteiger partial charge < -0.3 is 9.64 Å². The van der Waals surface area contributed by atoms with Gasteiger partial charge in [0.15, 0.2) is 0 Å². The first kappa shape index (κ1) is 19.0. The van der Waals surface area contributed by atoms with E-state index < -0.39 is 6.09 Å². The molecular weight excluding hydrogens is 340 g/mol. The second-order valence-corrected chi connectivity index (χ2v) is 7.26. The summed E-state index contributed by atoms with van der Waals surface area (Å²) < 4.78 is 5.26. The third-order valence-corrected chi connectivity index (χ3v) is 4.67. The molecule has 0 spiro atoms. The summed E-state index contributed by atoms with van der Waals surface area (Å²) in [5.41, 5.74) is 3.66. The number of amides is 2. The predicted molar refractivity (Wildman–Crippen MR) is 107 cm³/mol. The summed E-state index contributed by atoms with van der Waals surface area (Å²) >= 11 is 0. The lowest BCUT2D eigenvalue weighted by Gasteiger charge is -2.30. The molecule has 2 aromatic rings. The first-order valence-electron chi connectivity index (χ1n) is 9.44. The Labute approximate surface area is 160 Å². The van der Waals surface area contributed by atoms with Gasteiger partial charge in [-0.25, -0.2) is 4.79 Å². The molecule has 0 saturated carbocycles. The Morgan fingerprint density at radius 3 is 2.67 bits per heavy atom. The zero-order chi connectivity index (χ0) is 19.2. The molecule has 3 rings (SSSR count). The van der Waals surface area contributed by atoms with Crippen LogP contribution in [0.4, 0.5) is 16.2 Å². The molecule has 1 heterocycles. The fourth-order valence-electron chi connectivity index (χ4n) is 3.15. The lowest BCUT2D eigenvalue weighted by Crippen LogP contribution is -2.36. The zero-order valence-corrected chi connectivity index (χ0v) is 15.9. The van der Waals surface area contributed by atoms with Crippen molar-refractivity contribution in [2.45, 2.75) is 39.7 Å². The molecule has 2 amide bonds. The molecule has 0 bridgehead atoms. The molecule has 0 atom stereocenters. The van der Waals surface area contributed by atoms with Crippen LogP contribution < -0.4 is 10.2 Å². The molecule has 5 heteroatoms. The molecule has 27 heavy (non-hydrogen) atoms. The maximum absolute atomic E-state index is 12.3. The smallest absolute Gasteiger partial charge is 0.411 e. The minimum atomic E-state index is -0.484. The number of ether oxygens (including phenoxy) is 1. The summed E-state index contributed by atoms with van der Waals surface area (Å²) in [4.78, 5) is 26.2. The quantitative estimate of drug-likeness (QED) is 0.802. The topological polar surface area (TPSA) is 58.6 Å². The van der Waals surface area contributed by atoms with E-state index in [1.165, 1.54) is 0 Å². The van der Waals surface area contributed by atoms with Crippen molar-refractivity contribution in [3.63, 3.8) is 0 Å². The second-order valence-electron chi connectivity index (χ2n) is 7.26. The van der Waals surface area contributed by atoms with Crippen molar-refractivity contribution < 1.29 is 14.3 Å². The normalized spacial score (nSPS) is 13.4. The van der Waals surface area contributed by atoms with E-state index in [4.69, 9.17) is 4.74 Å². The number of carbonyl (C=O) groups is 2. The minimum absolute atomic E-state index is 0.172. The van der Waals surface area contributed by atoms with Gasteiger partial charge >= 0.3 is 6.09 Å². The molecule has 0 aliphatic carbocycles. The van der Waals surface area contributed by atoms with Gasteiger partial charge in [-0.15, -0.1) is 0 Å². The Morgan fingerprint density at radius 1 is 1.15 bits per heavy atom. The number of nitrogens with one attached hydrogen (secondary N) is 1. The molecule has 0 saturated heterocycles. The summed E-state index contributed by atoms with van der Waals surface area (Å²) in [6.45, 7) is 5.28. The summed E-state index contributed by atoms with van der Waals surface area (Å²) in [5.74, 6) is 0.717. The monoisotopic (exact) mass is 366 g/mol. The third kappa shape index (κ3) is 5.09. The van der Waals surface area contributed by atoms with Gasteiger partial charge in [0, 0.05) is 24.3 Å². The molecule has 1 aliphatic rings. The molecule has 1 N–H and O–H groups in total. The first-order chi connectivity index (χ1) is 13.0. The summed E-state index contributed by atoms with van der Waals surface area (Å²) in [6.07, 6.45) is 1.69. The van der Waals surface area contributed by atoms with E-state index in [2.05, 4.69) is 19.2 Å². The van der Waals surface area contributed by atoms with Crippen LogP contribution in [0.25, 0.3) is 0 Å². The van der Waals surface area contributed by atoms with Crippen LogP contribution in [0.15, 0.2) is 48.5 Å². The standard InChI is InChI=1S/C22H26N2O3/c1-16(2)12-13-24-20-10-9-19(14-18(20)8-11-21(24)25)23-22(26)27-15-17-6-4-3-5-7-17/h3-7,9-10,14,16H,8,11-13,15H2,1-2H3,(H,23,26). The van der Waals surface area contributed by atoms with E-state index in [9.17, 15) is 9.59 Å². The third-order valence-electron chi connectivity index (χ3n) is 4.67. The lowest BCUT2D eigenvalue weighted by molar-refractivity contribution is -0.118. The fourth-order valence-corrected chi connectivity index (χ4v) is 3.15. The van der Waals surface area contributed by atoms with Crippen LogP contribution in [0.1, 0.15) is 37.8 Å². The van der Waals surface area contributed by atoms with Crippen LogP contribution in [-0.4, -0.2) is 18.5 Å². The Bertz CT molecular complexity index is 802. The molecule has 1 aliphatic heterocycles. The Morgan fingerprint density at radius 2 is 1.93 bits per heavy atom. The summed E-state index contributed by atoms with van der Waals surface area (Å²) in [5, 5.41) is 2.77. The van der Waals surface area contributed by atoms with Crippen molar-refractivity contribution in [1.29, 1.82) is 0 Å². The van der Waals surface area contributed by atoms with Crippen molar-refractivity contribution in [3.8, 4) is 0 Å². The Hall–Kier alpha value is -2.82. The minimum Gasteiger partial charge on any atom is -0.444 e. The van der Waals surface area contributed by atoms with Crippen LogP contribution in [0.5, 0.6) is 0 Å². The van der Waals surface area contributed by atoms with E-state index in [-0.39, 0.29) is 12.5 Å². The van der Waals surface area contributed by atoms with Gasteiger partial charge in [0.05, 0.1) is 0 Å². The fraction of sp³-hybridized carbons (Fsp3) is 0.364. The number of fused-ring (bicyclic) bond motifs is 1. The van der Waals surface area contributed by atoms with E-state index in [0.717, 1.165) is 29.8 Å². The lowest BCUT2D eigenvalue weighted by atomic mass is 9.99. The first-order valence-corrected chi connectivity index (χ1v) is 9.44. The highest BCUT2D eigenvalue weighted by atomic mass is 16.5. The van der Waals surface area contributed by atoms with Gasteiger partial charge in [0.25, 0.3) is 0 Å². The van der Waals surface area contributed by atoms with Gasteiger partial charge in [-0.3, -0.25) is 10.1 Å². The Balaban J connectivity index is 1.63. The largest absolute Gasteiger partial charge is 0.444 e. The van der Waals surface area contributed by atoms with Gasteiger partial charge in [-0.1, -0.05) is 44.2 Å². The average Bonchev–Trinajstić information content (AvgIpc) is 2.66. The number of rotatable bonds is 6. The van der Waals surface area contributed by atoms with Crippen LogP contribution in [-0.2, 0) is 22.6 Å². The van der Waals surface area contributed by atoms with Crippen LogP contribution in [0.3, 0.4) is 0 Å². The van der Waals surface area contributed by atoms with E-state index in [1.54, 1.807) is 0 Å². The molecule has 2 aromatic carbocycles. The van der Waals surface area contributed by atoms with Crippen molar-refractivity contribution in [2.75, 3.05) is 16.8 Å². The molecule has 0 radical (unpaired) electrons. The van der Waals surface area contributed by atoms with Gasteiger partial charge in [-0.2, -0.15) is 0 Å². The number of carbonyl (C=O) groups excluding carboxylic acids is 2. The SMILES string of the molecule is CC(C)CCN1C(=O)CCc2cc(NC(=O)OCc3ccccc3)ccc21. The maximum atomic E-state index is 12.3. The number of hydrogen-bond donors (Lipinski definition) is 1. The summed E-state index contributed by atoms with van der Waals surface area (Å²) in [6, 6.07) is 15.2. The van der Waals surface area contributed by atoms with E-state index in [0.29, 0.717) is 24.4 Å². The van der Waals surface area contributed by atoms with Crippen molar-refractivity contribution in [1.82, 2.24) is 0 Å². The average molecular weight is 366 g/mol. The van der Waals surface area contributed by atoms with E-state index >= 15 is 0 Å². The molecule has 0 aromatic heterocycles. The van der Waals surface area contributed by atoms with Crippen molar-refractivity contribution in [3.05, 3.63) is 59.7 Å². The van der Waals surface area contributed by atoms with Gasteiger partial charge in [0.2, 0.25) is 5.91 Å². The molecule has 0 unspecified atom stereocenters. The van der Waals surface area contributed by atoms with Crippen molar-refractivity contribution >= 4 is 23.4 Å². The number of aryl methyl sites for hydroxylation is 1. The van der Waals surface area contributed by atoms with Crippen LogP contribution >= 0.6 is 0 Å². The highest BCUT2D eigenvalue weighted by Gasteiger charge is 2.24. The molecule has 5 nitrogen and oxygen atoms in total. The van der Waals surface area contributed by atoms with Crippen molar-refractivity contribution in [2.24, 2.45) is 5.92 Å². The number of hydrogen-bond acceptors (Lipinski definition) is 3. The number of anilines is 2. The summed E-state index contributed by atoms with van der Waals surface area (Å²) in [7, 11) is 0. The molecular formula is C22H26N2O3. The van der Waals surface area contributed by atoms with Crippen LogP contribution in [0, 0.1) is 5.92 Å². The highest BCUT2D eigenvalue weighted by Crippen LogP contribution is 2.31. The van der Waals surface area contributed by atoms with Gasteiger partial charge in [-0.05, 0) is 48.1 Å². The Kier molecular flexibility index (Phi) is 6.12. The highest BCUT2D eigenvalue weighted by molar-refractivity contribution is 5.97. The predicted octanol–water partition coefficient (Wildman–Crippen LogP) is 4.76. The zero-order valence-electron chi connectivity index (χ0n) is 15.9. The maximum Gasteiger partial charge on any atom is 0.411 e.